The van der Waals surface area contributed by atoms with E-state index in [1.165, 1.54) is 25.0 Å². The van der Waals surface area contributed by atoms with E-state index in [-0.39, 0.29) is 5.82 Å². The van der Waals surface area contributed by atoms with E-state index >= 15 is 0 Å². The van der Waals surface area contributed by atoms with Crippen molar-refractivity contribution < 1.29 is 4.39 Å². The Morgan fingerprint density at radius 2 is 2.17 bits per heavy atom. The van der Waals surface area contributed by atoms with Gasteiger partial charge in [-0.25, -0.2) is 4.39 Å². The van der Waals surface area contributed by atoms with E-state index in [2.05, 4.69) is 35.4 Å². The predicted molar refractivity (Wildman–Crippen MR) is 89.8 cm³/mol. The molecule has 5 heteroatoms. The normalized spacial score (nSPS) is 15.7. The summed E-state index contributed by atoms with van der Waals surface area (Å²) in [4.78, 5) is 6.54. The number of fused-ring (bicyclic) bond motifs is 1. The molecule has 23 heavy (non-hydrogen) atoms. The highest BCUT2D eigenvalue weighted by molar-refractivity contribution is 5.95. The highest BCUT2D eigenvalue weighted by atomic mass is 19.1. The number of nitriles is 1. The first-order valence-corrected chi connectivity index (χ1v) is 7.90. The summed E-state index contributed by atoms with van der Waals surface area (Å²) in [5.41, 5.74) is 2.66. The lowest BCUT2D eigenvalue weighted by molar-refractivity contribution is 0.276. The van der Waals surface area contributed by atoms with Crippen molar-refractivity contribution in [2.45, 2.75) is 25.8 Å². The van der Waals surface area contributed by atoms with Crippen LogP contribution in [0.4, 0.5) is 10.1 Å². The highest BCUT2D eigenvalue weighted by Gasteiger charge is 2.32. The fourth-order valence-electron chi connectivity index (χ4n) is 3.17. The van der Waals surface area contributed by atoms with Gasteiger partial charge >= 0.3 is 0 Å². The number of rotatable bonds is 5. The Kier molecular flexibility index (Phi) is 4.18. The van der Waals surface area contributed by atoms with Crippen LogP contribution in [0.5, 0.6) is 0 Å². The molecule has 0 amide bonds. The van der Waals surface area contributed by atoms with E-state index in [0.717, 1.165) is 17.6 Å². The third-order valence-electron chi connectivity index (χ3n) is 4.56. The van der Waals surface area contributed by atoms with Gasteiger partial charge in [-0.1, -0.05) is 0 Å². The van der Waals surface area contributed by atoms with Gasteiger partial charge in [-0.15, -0.1) is 0 Å². The molecular formula is C18H21FN4. The molecule has 120 valence electrons. The van der Waals surface area contributed by atoms with Crippen molar-refractivity contribution in [1.29, 1.82) is 5.26 Å². The molecule has 1 atom stereocenters. The van der Waals surface area contributed by atoms with Crippen molar-refractivity contribution in [1.82, 2.24) is 9.88 Å². The molecule has 1 N–H and O–H groups in total. The van der Waals surface area contributed by atoms with Crippen molar-refractivity contribution in [3.63, 3.8) is 0 Å². The number of hydrogen-bond acceptors (Lipinski definition) is 4. The summed E-state index contributed by atoms with van der Waals surface area (Å²) in [6.07, 6.45) is 4.07. The van der Waals surface area contributed by atoms with E-state index in [9.17, 15) is 9.65 Å². The Bertz CT molecular complexity index is 773. The van der Waals surface area contributed by atoms with Crippen LogP contribution in [-0.2, 0) is 0 Å². The first kappa shape index (κ1) is 15.7. The molecule has 4 nitrogen and oxygen atoms in total. The summed E-state index contributed by atoms with van der Waals surface area (Å²) in [7, 11) is 4.15. The monoisotopic (exact) mass is 312 g/mol. The standard InChI is InChI=1S/C18H21FN4/c1-11-6-14(19)7-15-17(11)21-9-13(8-20)18(15)22-10-16(23(2)3)12-4-5-12/h6-7,9,12,16H,4-5,10H2,1-3H3,(H,21,22). The molecule has 0 saturated heterocycles. The number of nitrogens with one attached hydrogen (secondary N) is 1. The molecule has 0 radical (unpaired) electrons. The van der Waals surface area contributed by atoms with Gasteiger partial charge in [0.2, 0.25) is 0 Å². The molecule has 1 aliphatic rings. The molecule has 0 aliphatic heterocycles. The number of pyridine rings is 1. The molecule has 1 aliphatic carbocycles. The second kappa shape index (κ2) is 6.13. The smallest absolute Gasteiger partial charge is 0.124 e. The van der Waals surface area contributed by atoms with Gasteiger partial charge in [0.25, 0.3) is 0 Å². The summed E-state index contributed by atoms with van der Waals surface area (Å²) in [5, 5.41) is 13.4. The number of aromatic nitrogens is 1. The molecule has 1 aromatic carbocycles. The Labute approximate surface area is 135 Å². The molecule has 1 fully saturated rings. The van der Waals surface area contributed by atoms with Crippen LogP contribution < -0.4 is 5.32 Å². The number of benzene rings is 1. The quantitative estimate of drug-likeness (QED) is 0.920. The number of halogens is 1. The van der Waals surface area contributed by atoms with Gasteiger partial charge in [-0.3, -0.25) is 4.98 Å². The second-order valence-corrected chi connectivity index (χ2v) is 6.53. The summed E-state index contributed by atoms with van der Waals surface area (Å²) in [5.74, 6) is 0.399. The molecule has 1 unspecified atom stereocenters. The third kappa shape index (κ3) is 3.13. The van der Waals surface area contributed by atoms with Crippen molar-refractivity contribution >= 4 is 16.6 Å². The molecule has 1 aromatic heterocycles. The van der Waals surface area contributed by atoms with Crippen LogP contribution in [0, 0.1) is 30.0 Å². The predicted octanol–water partition coefficient (Wildman–Crippen LogP) is 3.31. The van der Waals surface area contributed by atoms with Crippen molar-refractivity contribution in [2.75, 3.05) is 26.0 Å². The van der Waals surface area contributed by atoms with Gasteiger partial charge in [0.15, 0.2) is 0 Å². The summed E-state index contributed by atoms with van der Waals surface area (Å²) in [6, 6.07) is 5.51. The van der Waals surface area contributed by atoms with Crippen LogP contribution in [0.15, 0.2) is 18.3 Å². The number of nitrogens with zero attached hydrogens (tertiary/aromatic N) is 3. The Morgan fingerprint density at radius 1 is 1.43 bits per heavy atom. The first-order chi connectivity index (χ1) is 11.0. The maximum atomic E-state index is 13.8. The Morgan fingerprint density at radius 3 is 2.78 bits per heavy atom. The second-order valence-electron chi connectivity index (χ2n) is 6.53. The molecular weight excluding hydrogens is 291 g/mol. The van der Waals surface area contributed by atoms with Gasteiger partial charge in [0, 0.05) is 24.2 Å². The van der Waals surface area contributed by atoms with Crippen LogP contribution in [0.3, 0.4) is 0 Å². The van der Waals surface area contributed by atoms with Crippen molar-refractivity contribution in [3.8, 4) is 6.07 Å². The average molecular weight is 312 g/mol. The van der Waals surface area contributed by atoms with Crippen molar-refractivity contribution in [2.24, 2.45) is 5.92 Å². The topological polar surface area (TPSA) is 52.0 Å². The number of likely N-dealkylation sites (N-methyl/N-ethyl adjacent to an activating group) is 1. The van der Waals surface area contributed by atoms with Crippen LogP contribution in [-0.4, -0.2) is 36.6 Å². The van der Waals surface area contributed by atoms with E-state index in [4.69, 9.17) is 0 Å². The van der Waals surface area contributed by atoms with Crippen LogP contribution in [0.25, 0.3) is 10.9 Å². The third-order valence-corrected chi connectivity index (χ3v) is 4.56. The van der Waals surface area contributed by atoms with Gasteiger partial charge in [0.1, 0.15) is 11.9 Å². The number of aryl methyl sites for hydroxylation is 1. The minimum Gasteiger partial charge on any atom is -0.382 e. The fourth-order valence-corrected chi connectivity index (χ4v) is 3.17. The lowest BCUT2D eigenvalue weighted by atomic mass is 10.1. The molecule has 2 aromatic rings. The van der Waals surface area contributed by atoms with Gasteiger partial charge in [-0.05, 0) is 57.5 Å². The molecule has 1 saturated carbocycles. The van der Waals surface area contributed by atoms with Crippen LogP contribution in [0.2, 0.25) is 0 Å². The average Bonchev–Trinajstić information content (AvgIpc) is 3.31. The van der Waals surface area contributed by atoms with Crippen LogP contribution in [0.1, 0.15) is 24.0 Å². The van der Waals surface area contributed by atoms with E-state index in [0.29, 0.717) is 28.6 Å². The first-order valence-electron chi connectivity index (χ1n) is 7.90. The summed E-state index contributed by atoms with van der Waals surface area (Å²) < 4.78 is 13.8. The van der Waals surface area contributed by atoms with Crippen molar-refractivity contribution in [3.05, 3.63) is 35.3 Å². The van der Waals surface area contributed by atoms with E-state index in [1.807, 2.05) is 6.92 Å². The maximum absolute atomic E-state index is 13.8. The van der Waals surface area contributed by atoms with Gasteiger partial charge in [-0.2, -0.15) is 5.26 Å². The Hall–Kier alpha value is -2.19. The molecule has 0 bridgehead atoms. The van der Waals surface area contributed by atoms with Gasteiger partial charge < -0.3 is 10.2 Å². The molecule has 0 spiro atoms. The zero-order valence-electron chi connectivity index (χ0n) is 13.7. The summed E-state index contributed by atoms with van der Waals surface area (Å²) in [6.45, 7) is 2.57. The number of hydrogen-bond donors (Lipinski definition) is 1. The van der Waals surface area contributed by atoms with Crippen LogP contribution >= 0.6 is 0 Å². The highest BCUT2D eigenvalue weighted by Crippen LogP contribution is 2.35. The van der Waals surface area contributed by atoms with E-state index < -0.39 is 0 Å². The zero-order chi connectivity index (χ0) is 16.6. The fraction of sp³-hybridized carbons (Fsp3) is 0.444. The largest absolute Gasteiger partial charge is 0.382 e. The lowest BCUT2D eigenvalue weighted by Gasteiger charge is -2.25. The lowest BCUT2D eigenvalue weighted by Crippen LogP contribution is -2.36. The SMILES string of the molecule is Cc1cc(F)cc2c(NCC(C3CC3)N(C)C)c(C#N)cnc12. The molecule has 3 rings (SSSR count). The Balaban J connectivity index is 1.99. The maximum Gasteiger partial charge on any atom is 0.124 e. The van der Waals surface area contributed by atoms with E-state index in [1.54, 1.807) is 6.20 Å². The minimum atomic E-state index is -0.304. The zero-order valence-corrected chi connectivity index (χ0v) is 13.7. The minimum absolute atomic E-state index is 0.304. The van der Waals surface area contributed by atoms with Gasteiger partial charge in [0.05, 0.1) is 16.8 Å². The molecule has 1 heterocycles. The number of anilines is 1. The summed E-state index contributed by atoms with van der Waals surface area (Å²) >= 11 is 0.